The van der Waals surface area contributed by atoms with Crippen molar-refractivity contribution >= 4 is 12.0 Å². The number of amides is 2. The van der Waals surface area contributed by atoms with Crippen LogP contribution in [0, 0.1) is 5.92 Å². The predicted molar refractivity (Wildman–Crippen MR) is 67.1 cm³/mol. The SMILES string of the molecule is CC(=O)NCC1CC(OC(=O)N2CCCCC2)C1. The van der Waals surface area contributed by atoms with Gasteiger partial charge in [0.05, 0.1) is 0 Å². The van der Waals surface area contributed by atoms with Gasteiger partial charge >= 0.3 is 6.09 Å². The van der Waals surface area contributed by atoms with Crippen LogP contribution in [0.4, 0.5) is 4.79 Å². The van der Waals surface area contributed by atoms with Crippen molar-refractivity contribution in [2.75, 3.05) is 19.6 Å². The molecule has 102 valence electrons. The van der Waals surface area contributed by atoms with Gasteiger partial charge in [0.15, 0.2) is 0 Å². The van der Waals surface area contributed by atoms with Gasteiger partial charge in [0, 0.05) is 26.6 Å². The molecular formula is C13H22N2O3. The molecule has 1 aliphatic heterocycles. The Morgan fingerprint density at radius 1 is 1.22 bits per heavy atom. The smallest absolute Gasteiger partial charge is 0.410 e. The number of hydrogen-bond donors (Lipinski definition) is 1. The predicted octanol–water partition coefficient (Wildman–Crippen LogP) is 1.52. The van der Waals surface area contributed by atoms with Gasteiger partial charge in [-0.1, -0.05) is 0 Å². The van der Waals surface area contributed by atoms with Crippen LogP contribution < -0.4 is 5.32 Å². The van der Waals surface area contributed by atoms with E-state index in [1.165, 1.54) is 13.3 Å². The minimum Gasteiger partial charge on any atom is -0.446 e. The second-order valence-corrected chi connectivity index (χ2v) is 5.33. The van der Waals surface area contributed by atoms with Crippen molar-refractivity contribution in [1.29, 1.82) is 0 Å². The molecule has 0 spiro atoms. The first-order valence-electron chi connectivity index (χ1n) is 6.85. The van der Waals surface area contributed by atoms with Gasteiger partial charge in [-0.3, -0.25) is 4.79 Å². The zero-order chi connectivity index (χ0) is 13.0. The van der Waals surface area contributed by atoms with Gasteiger partial charge in [-0.15, -0.1) is 0 Å². The minimum absolute atomic E-state index is 0.00348. The molecule has 0 aromatic rings. The van der Waals surface area contributed by atoms with Crippen molar-refractivity contribution in [3.05, 3.63) is 0 Å². The third-order valence-electron chi connectivity index (χ3n) is 3.71. The molecule has 18 heavy (non-hydrogen) atoms. The topological polar surface area (TPSA) is 58.6 Å². The van der Waals surface area contributed by atoms with Crippen molar-refractivity contribution < 1.29 is 14.3 Å². The van der Waals surface area contributed by atoms with Gasteiger partial charge in [0.25, 0.3) is 0 Å². The van der Waals surface area contributed by atoms with Crippen molar-refractivity contribution in [2.45, 2.75) is 45.1 Å². The van der Waals surface area contributed by atoms with Gasteiger partial charge in [0.1, 0.15) is 6.10 Å². The van der Waals surface area contributed by atoms with Crippen LogP contribution in [0.15, 0.2) is 0 Å². The van der Waals surface area contributed by atoms with Crippen LogP contribution in [0.3, 0.4) is 0 Å². The van der Waals surface area contributed by atoms with E-state index in [1.54, 1.807) is 0 Å². The van der Waals surface area contributed by atoms with Crippen LogP contribution in [0.2, 0.25) is 0 Å². The van der Waals surface area contributed by atoms with Gasteiger partial charge in [-0.2, -0.15) is 0 Å². The number of ether oxygens (including phenoxy) is 1. The number of carbonyl (C=O) groups excluding carboxylic acids is 2. The summed E-state index contributed by atoms with van der Waals surface area (Å²) in [6.45, 7) is 3.89. The quantitative estimate of drug-likeness (QED) is 0.830. The minimum atomic E-state index is -0.155. The lowest BCUT2D eigenvalue weighted by Crippen LogP contribution is -2.44. The molecule has 1 heterocycles. The molecular weight excluding hydrogens is 232 g/mol. The Kier molecular flexibility index (Phi) is 4.44. The summed E-state index contributed by atoms with van der Waals surface area (Å²) in [6, 6.07) is 0. The van der Waals surface area contributed by atoms with Gasteiger partial charge < -0.3 is 15.0 Å². The second-order valence-electron chi connectivity index (χ2n) is 5.33. The summed E-state index contributed by atoms with van der Waals surface area (Å²) in [4.78, 5) is 24.4. The molecule has 2 fully saturated rings. The molecule has 0 aromatic heterocycles. The van der Waals surface area contributed by atoms with Crippen LogP contribution in [-0.2, 0) is 9.53 Å². The molecule has 1 saturated heterocycles. The van der Waals surface area contributed by atoms with Crippen molar-refractivity contribution in [3.63, 3.8) is 0 Å². The van der Waals surface area contributed by atoms with E-state index < -0.39 is 0 Å². The van der Waals surface area contributed by atoms with Crippen molar-refractivity contribution in [1.82, 2.24) is 10.2 Å². The van der Waals surface area contributed by atoms with Gasteiger partial charge in [-0.05, 0) is 38.0 Å². The molecule has 0 radical (unpaired) electrons. The normalized spacial score (nSPS) is 27.3. The van der Waals surface area contributed by atoms with Gasteiger partial charge in [0.2, 0.25) is 5.91 Å². The Morgan fingerprint density at radius 3 is 2.50 bits per heavy atom. The average Bonchev–Trinajstić information content (AvgIpc) is 2.32. The molecule has 0 atom stereocenters. The maximum atomic E-state index is 11.8. The summed E-state index contributed by atoms with van der Waals surface area (Å²) in [5.41, 5.74) is 0. The van der Waals surface area contributed by atoms with E-state index in [-0.39, 0.29) is 18.1 Å². The first kappa shape index (κ1) is 13.2. The highest BCUT2D eigenvalue weighted by molar-refractivity contribution is 5.72. The molecule has 2 rings (SSSR count). The Balaban J connectivity index is 1.61. The van der Waals surface area contributed by atoms with Crippen LogP contribution >= 0.6 is 0 Å². The Bertz CT molecular complexity index is 307. The summed E-state index contributed by atoms with van der Waals surface area (Å²) >= 11 is 0. The summed E-state index contributed by atoms with van der Waals surface area (Å²) < 4.78 is 5.44. The van der Waals surface area contributed by atoms with E-state index >= 15 is 0 Å². The zero-order valence-corrected chi connectivity index (χ0v) is 11.0. The molecule has 5 nitrogen and oxygen atoms in total. The Morgan fingerprint density at radius 2 is 1.89 bits per heavy atom. The average molecular weight is 254 g/mol. The van der Waals surface area contributed by atoms with Crippen LogP contribution in [0.25, 0.3) is 0 Å². The molecule has 1 aliphatic carbocycles. The largest absolute Gasteiger partial charge is 0.446 e. The van der Waals surface area contributed by atoms with Crippen LogP contribution in [0.1, 0.15) is 39.0 Å². The van der Waals surface area contributed by atoms with E-state index in [0.29, 0.717) is 12.5 Å². The summed E-state index contributed by atoms with van der Waals surface area (Å²) in [5, 5.41) is 2.79. The molecule has 2 amide bonds. The number of nitrogens with zero attached hydrogens (tertiary/aromatic N) is 1. The van der Waals surface area contributed by atoms with Crippen LogP contribution in [-0.4, -0.2) is 42.6 Å². The maximum absolute atomic E-state index is 11.8. The van der Waals surface area contributed by atoms with E-state index in [1.807, 2.05) is 4.90 Å². The monoisotopic (exact) mass is 254 g/mol. The van der Waals surface area contributed by atoms with Crippen LogP contribution in [0.5, 0.6) is 0 Å². The van der Waals surface area contributed by atoms with Crippen molar-refractivity contribution in [2.24, 2.45) is 5.92 Å². The number of hydrogen-bond acceptors (Lipinski definition) is 3. The third-order valence-corrected chi connectivity index (χ3v) is 3.71. The number of likely N-dealkylation sites (tertiary alicyclic amines) is 1. The molecule has 0 aromatic carbocycles. The second kappa shape index (κ2) is 6.07. The lowest BCUT2D eigenvalue weighted by Gasteiger charge is -2.36. The molecule has 1 saturated carbocycles. The van der Waals surface area contributed by atoms with E-state index in [2.05, 4.69) is 5.32 Å². The fourth-order valence-electron chi connectivity index (χ4n) is 2.52. The van der Waals surface area contributed by atoms with Crippen molar-refractivity contribution in [3.8, 4) is 0 Å². The van der Waals surface area contributed by atoms with E-state index in [4.69, 9.17) is 4.74 Å². The lowest BCUT2D eigenvalue weighted by molar-refractivity contribution is -0.119. The lowest BCUT2D eigenvalue weighted by atomic mass is 9.82. The van der Waals surface area contributed by atoms with E-state index in [0.717, 1.165) is 38.8 Å². The molecule has 1 N–H and O–H groups in total. The molecule has 0 unspecified atom stereocenters. The Hall–Kier alpha value is -1.26. The molecule has 2 aliphatic rings. The summed E-state index contributed by atoms with van der Waals surface area (Å²) in [6.07, 6.45) is 5.04. The number of rotatable bonds is 3. The zero-order valence-electron chi connectivity index (χ0n) is 11.0. The number of carbonyl (C=O) groups is 2. The fourth-order valence-corrected chi connectivity index (χ4v) is 2.52. The highest BCUT2D eigenvalue weighted by atomic mass is 16.6. The summed E-state index contributed by atoms with van der Waals surface area (Å²) in [7, 11) is 0. The fraction of sp³-hybridized carbons (Fsp3) is 0.846. The first-order chi connectivity index (χ1) is 8.65. The summed E-state index contributed by atoms with van der Waals surface area (Å²) in [5.74, 6) is 0.469. The molecule has 5 heteroatoms. The highest BCUT2D eigenvalue weighted by Gasteiger charge is 2.33. The maximum Gasteiger partial charge on any atom is 0.410 e. The third kappa shape index (κ3) is 3.62. The highest BCUT2D eigenvalue weighted by Crippen LogP contribution is 2.30. The Labute approximate surface area is 108 Å². The van der Waals surface area contributed by atoms with Gasteiger partial charge in [-0.25, -0.2) is 4.79 Å². The number of piperidine rings is 1. The van der Waals surface area contributed by atoms with E-state index in [9.17, 15) is 9.59 Å². The standard InChI is InChI=1S/C13H22N2O3/c1-10(16)14-9-11-7-12(8-11)18-13(17)15-5-3-2-4-6-15/h11-12H,2-9H2,1H3,(H,14,16). The molecule has 0 bridgehead atoms. The number of nitrogens with one attached hydrogen (secondary N) is 1. The first-order valence-corrected chi connectivity index (χ1v) is 6.85.